The third kappa shape index (κ3) is 19.0. The van der Waals surface area contributed by atoms with E-state index >= 15 is 0 Å². The van der Waals surface area contributed by atoms with Crippen LogP contribution in [-0.4, -0.2) is 17.7 Å². The lowest BCUT2D eigenvalue weighted by Gasteiger charge is -2.29. The van der Waals surface area contributed by atoms with Gasteiger partial charge in [-0.05, 0) is 25.0 Å². The second kappa shape index (κ2) is 25.4. The molecule has 1 fully saturated rings. The molecular formula is C38H68O3. The molecule has 2 rings (SSSR count). The Morgan fingerprint density at radius 3 is 1.34 bits per heavy atom. The third-order valence-electron chi connectivity index (χ3n) is 9.20. The highest BCUT2D eigenvalue weighted by atomic mass is 16.8. The van der Waals surface area contributed by atoms with Crippen molar-refractivity contribution in [1.82, 2.24) is 0 Å². The standard InChI is InChI=1S/C38H68O3/c1-2-3-4-5-6-7-8-9-10-11-12-13-14-15-16-17-18-19-20-21-22-23-24-25-26-28-31-36-34-35-40-38(36,39)41-37-32-29-27-30-33-37/h27,29-30,32-33,36,39H,2-26,28,31,34-35H2,1H3. The summed E-state index contributed by atoms with van der Waals surface area (Å²) in [4.78, 5) is 0. The molecule has 1 heterocycles. The Morgan fingerprint density at radius 1 is 0.585 bits per heavy atom. The summed E-state index contributed by atoms with van der Waals surface area (Å²) in [5.74, 6) is -0.711. The number of ether oxygens (including phenoxy) is 2. The van der Waals surface area contributed by atoms with E-state index in [4.69, 9.17) is 9.47 Å². The van der Waals surface area contributed by atoms with Crippen molar-refractivity contribution in [2.45, 2.75) is 193 Å². The summed E-state index contributed by atoms with van der Waals surface area (Å²) in [7, 11) is 0. The fourth-order valence-corrected chi connectivity index (χ4v) is 6.45. The van der Waals surface area contributed by atoms with E-state index in [0.29, 0.717) is 12.4 Å². The quantitative estimate of drug-likeness (QED) is 0.0766. The Morgan fingerprint density at radius 2 is 0.951 bits per heavy atom. The maximum atomic E-state index is 10.9. The van der Waals surface area contributed by atoms with Crippen molar-refractivity contribution < 1.29 is 14.6 Å². The molecule has 0 aromatic heterocycles. The van der Waals surface area contributed by atoms with Crippen molar-refractivity contribution >= 4 is 0 Å². The predicted octanol–water partition coefficient (Wildman–Crippen LogP) is 12.3. The van der Waals surface area contributed by atoms with Crippen LogP contribution in [0.4, 0.5) is 0 Å². The van der Waals surface area contributed by atoms with E-state index in [0.717, 1.165) is 19.3 Å². The van der Waals surface area contributed by atoms with Crippen LogP contribution in [0.15, 0.2) is 30.3 Å². The van der Waals surface area contributed by atoms with Gasteiger partial charge in [0, 0.05) is 0 Å². The van der Waals surface area contributed by atoms with E-state index in [1.165, 1.54) is 161 Å². The van der Waals surface area contributed by atoms with Gasteiger partial charge in [0.25, 0.3) is 0 Å². The lowest BCUT2D eigenvalue weighted by atomic mass is 9.96. The molecule has 1 aromatic rings. The Hall–Kier alpha value is -1.06. The maximum Gasteiger partial charge on any atom is 0.327 e. The van der Waals surface area contributed by atoms with Crippen LogP contribution in [0.1, 0.15) is 187 Å². The number of rotatable bonds is 29. The van der Waals surface area contributed by atoms with Crippen LogP contribution >= 0.6 is 0 Å². The summed E-state index contributed by atoms with van der Waals surface area (Å²) in [6, 6.07) is 9.54. The first-order valence-electron chi connectivity index (χ1n) is 18.3. The number of benzene rings is 1. The lowest BCUT2D eigenvalue weighted by molar-refractivity contribution is -0.317. The van der Waals surface area contributed by atoms with Crippen molar-refractivity contribution in [2.75, 3.05) is 6.61 Å². The van der Waals surface area contributed by atoms with E-state index in [2.05, 4.69) is 6.92 Å². The minimum atomic E-state index is -1.45. The van der Waals surface area contributed by atoms with Gasteiger partial charge in [0.1, 0.15) is 5.75 Å². The second-order valence-corrected chi connectivity index (χ2v) is 13.0. The zero-order valence-corrected chi connectivity index (χ0v) is 27.2. The van der Waals surface area contributed by atoms with Crippen LogP contribution in [0.3, 0.4) is 0 Å². The Balaban J connectivity index is 1.25. The zero-order valence-electron chi connectivity index (χ0n) is 27.2. The number of unbranched alkanes of at least 4 members (excludes halogenated alkanes) is 25. The van der Waals surface area contributed by atoms with E-state index in [-0.39, 0.29) is 5.92 Å². The molecule has 2 unspecified atom stereocenters. The molecule has 41 heavy (non-hydrogen) atoms. The highest BCUT2D eigenvalue weighted by Gasteiger charge is 2.45. The highest BCUT2D eigenvalue weighted by molar-refractivity contribution is 5.21. The summed E-state index contributed by atoms with van der Waals surface area (Å²) in [6.07, 6.45) is 38.8. The molecule has 0 radical (unpaired) electrons. The van der Waals surface area contributed by atoms with Crippen LogP contribution in [0.5, 0.6) is 5.75 Å². The number of hydrogen-bond donors (Lipinski definition) is 1. The molecule has 2 atom stereocenters. The Labute approximate surface area is 255 Å². The Kier molecular flexibility index (Phi) is 22.4. The van der Waals surface area contributed by atoms with Gasteiger partial charge in [-0.1, -0.05) is 192 Å². The third-order valence-corrected chi connectivity index (χ3v) is 9.20. The minimum Gasteiger partial charge on any atom is -0.439 e. The number of aliphatic hydroxyl groups is 1. The SMILES string of the molecule is CCCCCCCCCCCCCCCCCCCCCCCCCCCCC1CCOC1(O)Oc1ccccc1. The van der Waals surface area contributed by atoms with Gasteiger partial charge in [0.15, 0.2) is 0 Å². The summed E-state index contributed by atoms with van der Waals surface area (Å²) in [5, 5.41) is 10.9. The molecule has 0 aliphatic carbocycles. The molecule has 1 N–H and O–H groups in total. The van der Waals surface area contributed by atoms with E-state index in [1.54, 1.807) is 0 Å². The molecule has 1 saturated heterocycles. The summed E-state index contributed by atoms with van der Waals surface area (Å²) in [5.41, 5.74) is 0. The lowest BCUT2D eigenvalue weighted by Crippen LogP contribution is -2.41. The number of para-hydroxylation sites is 1. The maximum absolute atomic E-state index is 10.9. The molecule has 0 saturated carbocycles. The fraction of sp³-hybridized carbons (Fsp3) is 0.842. The summed E-state index contributed by atoms with van der Waals surface area (Å²) in [6.45, 7) is 2.88. The van der Waals surface area contributed by atoms with Gasteiger partial charge in [0.2, 0.25) is 0 Å². The van der Waals surface area contributed by atoms with Crippen LogP contribution < -0.4 is 4.74 Å². The van der Waals surface area contributed by atoms with Gasteiger partial charge in [-0.3, -0.25) is 0 Å². The molecule has 0 spiro atoms. The molecule has 1 aliphatic heterocycles. The van der Waals surface area contributed by atoms with E-state index < -0.39 is 5.97 Å². The molecular weight excluding hydrogens is 504 g/mol. The van der Waals surface area contributed by atoms with Crippen molar-refractivity contribution in [3.05, 3.63) is 30.3 Å². The van der Waals surface area contributed by atoms with Crippen molar-refractivity contribution in [3.8, 4) is 5.75 Å². The minimum absolute atomic E-state index is 0.0667. The van der Waals surface area contributed by atoms with Gasteiger partial charge >= 0.3 is 5.97 Å². The first-order chi connectivity index (χ1) is 20.2. The highest BCUT2D eigenvalue weighted by Crippen LogP contribution is 2.36. The molecule has 1 aliphatic rings. The Bertz CT molecular complexity index is 677. The first-order valence-corrected chi connectivity index (χ1v) is 18.3. The molecule has 0 amide bonds. The second-order valence-electron chi connectivity index (χ2n) is 13.0. The van der Waals surface area contributed by atoms with Gasteiger partial charge in [-0.15, -0.1) is 0 Å². The largest absolute Gasteiger partial charge is 0.439 e. The van der Waals surface area contributed by atoms with Gasteiger partial charge in [-0.2, -0.15) is 0 Å². The van der Waals surface area contributed by atoms with Crippen LogP contribution in [-0.2, 0) is 4.74 Å². The zero-order chi connectivity index (χ0) is 29.1. The van der Waals surface area contributed by atoms with Crippen LogP contribution in [0.25, 0.3) is 0 Å². The average Bonchev–Trinajstić information content (AvgIpc) is 3.34. The molecule has 3 heteroatoms. The van der Waals surface area contributed by atoms with Gasteiger partial charge in [-0.25, -0.2) is 0 Å². The van der Waals surface area contributed by atoms with E-state index in [9.17, 15) is 5.11 Å². The summed E-state index contributed by atoms with van der Waals surface area (Å²) < 4.78 is 11.4. The van der Waals surface area contributed by atoms with Gasteiger partial charge < -0.3 is 14.6 Å². The average molecular weight is 573 g/mol. The monoisotopic (exact) mass is 573 g/mol. The van der Waals surface area contributed by atoms with Crippen molar-refractivity contribution in [1.29, 1.82) is 0 Å². The van der Waals surface area contributed by atoms with Crippen molar-refractivity contribution in [3.63, 3.8) is 0 Å². The molecule has 1 aromatic carbocycles. The topological polar surface area (TPSA) is 38.7 Å². The predicted molar refractivity (Wildman–Crippen MR) is 176 cm³/mol. The first kappa shape index (κ1) is 36.1. The number of hydrogen-bond acceptors (Lipinski definition) is 3. The van der Waals surface area contributed by atoms with Crippen LogP contribution in [0.2, 0.25) is 0 Å². The fourth-order valence-electron chi connectivity index (χ4n) is 6.45. The molecule has 3 nitrogen and oxygen atoms in total. The van der Waals surface area contributed by atoms with Crippen LogP contribution in [0, 0.1) is 5.92 Å². The van der Waals surface area contributed by atoms with Crippen molar-refractivity contribution in [2.24, 2.45) is 5.92 Å². The summed E-state index contributed by atoms with van der Waals surface area (Å²) >= 11 is 0. The van der Waals surface area contributed by atoms with E-state index in [1.807, 2.05) is 30.3 Å². The molecule has 238 valence electrons. The smallest absolute Gasteiger partial charge is 0.327 e. The van der Waals surface area contributed by atoms with Gasteiger partial charge in [0.05, 0.1) is 12.5 Å². The normalized spacial score (nSPS) is 18.7. The molecule has 0 bridgehead atoms.